The lowest BCUT2D eigenvalue weighted by molar-refractivity contribution is -0.150. The molecule has 3 heterocycles. The van der Waals surface area contributed by atoms with Crippen molar-refractivity contribution in [2.75, 3.05) is 31.2 Å². The fourth-order valence-corrected chi connectivity index (χ4v) is 3.69. The number of halogens is 1. The molecule has 0 amide bonds. The summed E-state index contributed by atoms with van der Waals surface area (Å²) in [5.74, 6) is 1.85. The molecule has 2 aromatic rings. The van der Waals surface area contributed by atoms with Crippen LogP contribution in [0.5, 0.6) is 11.5 Å². The van der Waals surface area contributed by atoms with Gasteiger partial charge in [-0.2, -0.15) is 0 Å². The molecule has 27 heavy (non-hydrogen) atoms. The summed E-state index contributed by atoms with van der Waals surface area (Å²) in [4.78, 5) is 23.1. The number of benzene rings is 1. The second-order valence-electron chi connectivity index (χ2n) is 6.51. The molecule has 0 unspecified atom stereocenters. The van der Waals surface area contributed by atoms with Crippen molar-refractivity contribution in [3.05, 3.63) is 40.6 Å². The molecule has 4 rings (SSSR count). The second-order valence-corrected chi connectivity index (χ2v) is 7.36. The number of ether oxygens (including phenoxy) is 3. The molecule has 1 aromatic carbocycles. The molecule has 2 aliphatic rings. The summed E-state index contributed by atoms with van der Waals surface area (Å²) in [7, 11) is 0. The van der Waals surface area contributed by atoms with Gasteiger partial charge in [0, 0.05) is 35.5 Å². The van der Waals surface area contributed by atoms with E-state index in [1.54, 1.807) is 18.5 Å². The number of carbonyl (C=O) groups is 1. The Morgan fingerprint density at radius 2 is 1.81 bits per heavy atom. The largest absolute Gasteiger partial charge is 0.486 e. The highest BCUT2D eigenvalue weighted by molar-refractivity contribution is 9.10. The van der Waals surface area contributed by atoms with Crippen LogP contribution in [0.25, 0.3) is 0 Å². The van der Waals surface area contributed by atoms with Crippen molar-refractivity contribution >= 4 is 27.8 Å². The molecule has 0 N–H and O–H groups in total. The highest BCUT2D eigenvalue weighted by Crippen LogP contribution is 2.36. The van der Waals surface area contributed by atoms with Crippen LogP contribution in [-0.2, 0) is 16.1 Å². The van der Waals surface area contributed by atoms with Crippen molar-refractivity contribution in [2.24, 2.45) is 5.92 Å². The molecular formula is C19H20BrN3O4. The summed E-state index contributed by atoms with van der Waals surface area (Å²) >= 11 is 3.51. The maximum absolute atomic E-state index is 12.5. The molecular weight excluding hydrogens is 414 g/mol. The van der Waals surface area contributed by atoms with Gasteiger partial charge < -0.3 is 19.1 Å². The molecule has 1 fully saturated rings. The first-order valence-electron chi connectivity index (χ1n) is 8.97. The Kier molecular flexibility index (Phi) is 5.42. The summed E-state index contributed by atoms with van der Waals surface area (Å²) in [6, 6.07) is 5.51. The van der Waals surface area contributed by atoms with Crippen LogP contribution in [0.15, 0.2) is 35.1 Å². The van der Waals surface area contributed by atoms with Crippen molar-refractivity contribution < 1.29 is 19.0 Å². The van der Waals surface area contributed by atoms with Crippen molar-refractivity contribution in [3.8, 4) is 11.5 Å². The molecule has 0 saturated carbocycles. The van der Waals surface area contributed by atoms with Gasteiger partial charge in [-0.15, -0.1) is 0 Å². The van der Waals surface area contributed by atoms with Crippen LogP contribution >= 0.6 is 15.9 Å². The summed E-state index contributed by atoms with van der Waals surface area (Å²) in [5.41, 5.74) is 0.864. The highest BCUT2D eigenvalue weighted by atomic mass is 79.9. The number of aromatic nitrogens is 2. The third-order valence-electron chi connectivity index (χ3n) is 4.74. The van der Waals surface area contributed by atoms with Gasteiger partial charge in [0.1, 0.15) is 19.8 Å². The molecule has 0 bridgehead atoms. The molecule has 0 radical (unpaired) electrons. The fraction of sp³-hybridized carbons (Fsp3) is 0.421. The Bertz CT molecular complexity index is 810. The van der Waals surface area contributed by atoms with E-state index >= 15 is 0 Å². The number of anilines is 1. The average Bonchev–Trinajstić information content (AvgIpc) is 2.73. The van der Waals surface area contributed by atoms with E-state index in [2.05, 4.69) is 30.8 Å². The van der Waals surface area contributed by atoms with Gasteiger partial charge in [0.25, 0.3) is 0 Å². The predicted molar refractivity (Wildman–Crippen MR) is 102 cm³/mol. The van der Waals surface area contributed by atoms with E-state index in [4.69, 9.17) is 14.2 Å². The number of esters is 1. The maximum Gasteiger partial charge on any atom is 0.309 e. The van der Waals surface area contributed by atoms with E-state index in [1.807, 2.05) is 12.1 Å². The van der Waals surface area contributed by atoms with Crippen molar-refractivity contribution in [2.45, 2.75) is 19.4 Å². The van der Waals surface area contributed by atoms with Gasteiger partial charge in [0.2, 0.25) is 5.95 Å². The van der Waals surface area contributed by atoms with Crippen LogP contribution < -0.4 is 14.4 Å². The van der Waals surface area contributed by atoms with Crippen LogP contribution in [0.1, 0.15) is 18.4 Å². The Morgan fingerprint density at radius 1 is 1.15 bits per heavy atom. The van der Waals surface area contributed by atoms with Gasteiger partial charge in [-0.1, -0.05) is 15.9 Å². The Hall–Kier alpha value is -2.35. The van der Waals surface area contributed by atoms with E-state index in [0.717, 1.165) is 36.0 Å². The van der Waals surface area contributed by atoms with Gasteiger partial charge in [0.05, 0.1) is 5.92 Å². The molecule has 8 heteroatoms. The first-order chi connectivity index (χ1) is 13.2. The number of fused-ring (bicyclic) bond motifs is 1. The zero-order valence-electron chi connectivity index (χ0n) is 14.8. The maximum atomic E-state index is 12.5. The Balaban J connectivity index is 1.31. The first-order valence-corrected chi connectivity index (χ1v) is 9.76. The number of piperidine rings is 1. The minimum atomic E-state index is -0.162. The lowest BCUT2D eigenvalue weighted by atomic mass is 9.97. The predicted octanol–water partition coefficient (Wildman–Crippen LogP) is 2.97. The zero-order valence-corrected chi connectivity index (χ0v) is 16.4. The van der Waals surface area contributed by atoms with Crippen LogP contribution in [0.3, 0.4) is 0 Å². The van der Waals surface area contributed by atoms with E-state index in [0.29, 0.717) is 30.7 Å². The fourth-order valence-electron chi connectivity index (χ4n) is 3.25. The second kappa shape index (κ2) is 8.12. The smallest absolute Gasteiger partial charge is 0.309 e. The molecule has 0 atom stereocenters. The van der Waals surface area contributed by atoms with Gasteiger partial charge in [0.15, 0.2) is 11.5 Å². The van der Waals surface area contributed by atoms with E-state index in [1.165, 1.54) is 0 Å². The quantitative estimate of drug-likeness (QED) is 0.685. The topological polar surface area (TPSA) is 73.8 Å². The molecule has 7 nitrogen and oxygen atoms in total. The van der Waals surface area contributed by atoms with Crippen LogP contribution in [-0.4, -0.2) is 42.2 Å². The van der Waals surface area contributed by atoms with Crippen molar-refractivity contribution in [3.63, 3.8) is 0 Å². The average molecular weight is 434 g/mol. The van der Waals surface area contributed by atoms with E-state index < -0.39 is 0 Å². The normalized spacial score (nSPS) is 16.9. The van der Waals surface area contributed by atoms with E-state index in [-0.39, 0.29) is 18.5 Å². The number of hydrogen-bond acceptors (Lipinski definition) is 7. The Morgan fingerprint density at radius 3 is 2.52 bits per heavy atom. The highest BCUT2D eigenvalue weighted by Gasteiger charge is 2.27. The summed E-state index contributed by atoms with van der Waals surface area (Å²) in [6.07, 6.45) is 4.93. The lowest BCUT2D eigenvalue weighted by Gasteiger charge is -2.30. The molecule has 0 aliphatic carbocycles. The molecule has 0 spiro atoms. The number of rotatable bonds is 4. The minimum Gasteiger partial charge on any atom is -0.486 e. The molecule has 1 saturated heterocycles. The number of hydrogen-bond donors (Lipinski definition) is 0. The van der Waals surface area contributed by atoms with E-state index in [9.17, 15) is 4.79 Å². The van der Waals surface area contributed by atoms with Gasteiger partial charge in [-0.3, -0.25) is 4.79 Å². The summed E-state index contributed by atoms with van der Waals surface area (Å²) in [5, 5.41) is 0. The van der Waals surface area contributed by atoms with Gasteiger partial charge in [-0.25, -0.2) is 9.97 Å². The van der Waals surface area contributed by atoms with Crippen LogP contribution in [0.4, 0.5) is 5.95 Å². The summed E-state index contributed by atoms with van der Waals surface area (Å²) in [6.45, 7) is 2.77. The summed E-state index contributed by atoms with van der Waals surface area (Å²) < 4.78 is 17.5. The molecule has 1 aromatic heterocycles. The number of carbonyl (C=O) groups excluding carboxylic acids is 1. The standard InChI is InChI=1S/C19H20BrN3O4/c20-15-11-17-16(25-8-9-26-17)10-14(15)12-27-18(24)13-2-6-23(7-3-13)19-21-4-1-5-22-19/h1,4-5,10-11,13H,2-3,6-9,12H2. The van der Waals surface area contributed by atoms with Crippen molar-refractivity contribution in [1.82, 2.24) is 9.97 Å². The SMILES string of the molecule is O=C(OCc1cc2c(cc1Br)OCCO2)C1CCN(c2ncccn2)CC1. The van der Waals surface area contributed by atoms with Gasteiger partial charge in [-0.05, 0) is 31.0 Å². The third-order valence-corrected chi connectivity index (χ3v) is 5.48. The Labute approximate surface area is 165 Å². The zero-order chi connectivity index (χ0) is 18.6. The molecule has 142 valence electrons. The third kappa shape index (κ3) is 4.16. The van der Waals surface area contributed by atoms with Crippen LogP contribution in [0, 0.1) is 5.92 Å². The molecule has 2 aliphatic heterocycles. The number of nitrogens with zero attached hydrogens (tertiary/aromatic N) is 3. The lowest BCUT2D eigenvalue weighted by Crippen LogP contribution is -2.37. The van der Waals surface area contributed by atoms with Crippen molar-refractivity contribution in [1.29, 1.82) is 0 Å². The first kappa shape index (κ1) is 18.0. The van der Waals surface area contributed by atoms with Gasteiger partial charge >= 0.3 is 5.97 Å². The monoisotopic (exact) mass is 433 g/mol. The minimum absolute atomic E-state index is 0.0963. The van der Waals surface area contributed by atoms with Crippen LogP contribution in [0.2, 0.25) is 0 Å².